The van der Waals surface area contributed by atoms with Crippen molar-refractivity contribution in [2.45, 2.75) is 25.8 Å². The first-order chi connectivity index (χ1) is 12.5. The highest BCUT2D eigenvalue weighted by Crippen LogP contribution is 2.29. The molecule has 0 aliphatic heterocycles. The lowest BCUT2D eigenvalue weighted by Gasteiger charge is -2.23. The summed E-state index contributed by atoms with van der Waals surface area (Å²) in [6.45, 7) is 1.98. The third-order valence-electron chi connectivity index (χ3n) is 4.47. The van der Waals surface area contributed by atoms with E-state index in [-0.39, 0.29) is 17.5 Å². The lowest BCUT2D eigenvalue weighted by Crippen LogP contribution is -2.29. The summed E-state index contributed by atoms with van der Waals surface area (Å²) in [4.78, 5) is 29.8. The Balaban J connectivity index is 1.62. The molecule has 3 aromatic rings. The molecule has 1 unspecified atom stereocenters. The Bertz CT molecular complexity index is 901. The summed E-state index contributed by atoms with van der Waals surface area (Å²) in [5.74, 6) is -0.906. The van der Waals surface area contributed by atoms with Crippen molar-refractivity contribution in [3.05, 3.63) is 64.7 Å². The quantitative estimate of drug-likeness (QED) is 0.710. The average Bonchev–Trinajstić information content (AvgIpc) is 3.09. The Labute approximate surface area is 155 Å². The van der Waals surface area contributed by atoms with E-state index in [0.29, 0.717) is 12.8 Å². The third-order valence-corrected chi connectivity index (χ3v) is 5.68. The molecule has 6 heteroatoms. The van der Waals surface area contributed by atoms with Crippen molar-refractivity contribution in [2.24, 2.45) is 0 Å². The van der Waals surface area contributed by atoms with Gasteiger partial charge in [0.05, 0.1) is 21.8 Å². The Morgan fingerprint density at radius 2 is 1.85 bits per heavy atom. The Kier molecular flexibility index (Phi) is 5.32. The Morgan fingerprint density at radius 3 is 2.50 bits per heavy atom. The zero-order chi connectivity index (χ0) is 18.7. The maximum Gasteiger partial charge on any atom is 0.335 e. The first kappa shape index (κ1) is 18.1. The normalized spacial score (nSPS) is 12.1. The summed E-state index contributed by atoms with van der Waals surface area (Å²) >= 11 is 1.61. The number of aromatic nitrogens is 1. The van der Waals surface area contributed by atoms with E-state index >= 15 is 0 Å². The van der Waals surface area contributed by atoms with E-state index in [2.05, 4.69) is 4.98 Å². The highest BCUT2D eigenvalue weighted by molar-refractivity contribution is 7.18. The molecule has 1 amide bonds. The number of thiazole rings is 1. The molecule has 134 valence electrons. The number of aromatic carboxylic acids is 1. The van der Waals surface area contributed by atoms with E-state index in [1.807, 2.05) is 31.2 Å². The average molecular weight is 368 g/mol. The van der Waals surface area contributed by atoms with Crippen LogP contribution in [-0.2, 0) is 11.2 Å². The van der Waals surface area contributed by atoms with Crippen LogP contribution >= 0.6 is 11.3 Å². The van der Waals surface area contributed by atoms with Crippen LogP contribution in [0.5, 0.6) is 0 Å². The van der Waals surface area contributed by atoms with E-state index in [9.17, 15) is 9.59 Å². The molecule has 0 fully saturated rings. The minimum atomic E-state index is -0.947. The number of hydrogen-bond donors (Lipinski definition) is 1. The molecule has 0 saturated heterocycles. The van der Waals surface area contributed by atoms with Crippen molar-refractivity contribution in [3.8, 4) is 0 Å². The van der Waals surface area contributed by atoms with Gasteiger partial charge in [-0.1, -0.05) is 24.3 Å². The van der Waals surface area contributed by atoms with Gasteiger partial charge in [0.25, 0.3) is 0 Å². The van der Waals surface area contributed by atoms with E-state index in [1.54, 1.807) is 47.5 Å². The molecule has 2 aromatic carbocycles. The maximum absolute atomic E-state index is 12.5. The lowest BCUT2D eigenvalue weighted by atomic mass is 10.1. The molecule has 0 aliphatic rings. The molecule has 1 heterocycles. The van der Waals surface area contributed by atoms with Crippen LogP contribution in [0.1, 0.15) is 40.3 Å². The maximum atomic E-state index is 12.5. The number of fused-ring (bicyclic) bond motifs is 1. The summed E-state index contributed by atoms with van der Waals surface area (Å²) in [7, 11) is 1.80. The third kappa shape index (κ3) is 3.91. The first-order valence-electron chi connectivity index (χ1n) is 8.39. The van der Waals surface area contributed by atoms with Gasteiger partial charge in [0.2, 0.25) is 5.91 Å². The minimum absolute atomic E-state index is 0.0408. The van der Waals surface area contributed by atoms with Gasteiger partial charge >= 0.3 is 5.97 Å². The highest BCUT2D eigenvalue weighted by Gasteiger charge is 2.20. The van der Waals surface area contributed by atoms with Gasteiger partial charge in [-0.25, -0.2) is 9.78 Å². The number of para-hydroxylation sites is 1. The molecule has 0 aliphatic carbocycles. The van der Waals surface area contributed by atoms with Gasteiger partial charge in [0.1, 0.15) is 5.01 Å². The first-order valence-corrected chi connectivity index (χ1v) is 9.20. The van der Waals surface area contributed by atoms with Gasteiger partial charge in [0, 0.05) is 13.5 Å². The van der Waals surface area contributed by atoms with E-state index in [0.717, 1.165) is 20.8 Å². The molecule has 3 rings (SSSR count). The predicted molar refractivity (Wildman–Crippen MR) is 103 cm³/mol. The lowest BCUT2D eigenvalue weighted by molar-refractivity contribution is -0.131. The van der Waals surface area contributed by atoms with Crippen LogP contribution in [-0.4, -0.2) is 33.9 Å². The van der Waals surface area contributed by atoms with Gasteiger partial charge in [0.15, 0.2) is 0 Å². The van der Waals surface area contributed by atoms with Crippen molar-refractivity contribution in [1.82, 2.24) is 9.88 Å². The number of carboxylic acid groups (broad SMARTS) is 1. The number of carbonyl (C=O) groups excluding carboxylic acids is 1. The summed E-state index contributed by atoms with van der Waals surface area (Å²) in [6, 6.07) is 14.5. The smallest absolute Gasteiger partial charge is 0.335 e. The molecule has 0 saturated carbocycles. The topological polar surface area (TPSA) is 70.5 Å². The summed E-state index contributed by atoms with van der Waals surface area (Å²) in [6.07, 6.45) is 0.952. The van der Waals surface area contributed by atoms with Crippen molar-refractivity contribution in [3.63, 3.8) is 0 Å². The van der Waals surface area contributed by atoms with Crippen LogP contribution < -0.4 is 0 Å². The number of carbonyl (C=O) groups is 2. The highest BCUT2D eigenvalue weighted by atomic mass is 32.1. The van der Waals surface area contributed by atoms with Gasteiger partial charge in [-0.3, -0.25) is 4.79 Å². The fraction of sp³-hybridized carbons (Fsp3) is 0.250. The zero-order valence-electron chi connectivity index (χ0n) is 14.7. The molecule has 0 spiro atoms. The zero-order valence-corrected chi connectivity index (χ0v) is 15.5. The number of nitrogens with zero attached hydrogens (tertiary/aromatic N) is 2. The molecule has 1 atom stereocenters. The molecule has 1 N–H and O–H groups in total. The molecule has 26 heavy (non-hydrogen) atoms. The van der Waals surface area contributed by atoms with E-state index in [1.165, 1.54) is 0 Å². The number of benzene rings is 2. The predicted octanol–water partition coefficient (Wildman–Crippen LogP) is 4.15. The standard InChI is InChI=1S/C20H20N2O3S/c1-13(19-21-16-5-3-4-6-17(16)26-19)22(2)18(23)12-9-14-7-10-15(11-8-14)20(24)25/h3-8,10-11,13H,9,12H2,1-2H3,(H,24,25). The number of rotatable bonds is 6. The van der Waals surface area contributed by atoms with E-state index < -0.39 is 5.97 Å². The summed E-state index contributed by atoms with van der Waals surface area (Å²) in [5, 5.41) is 9.85. The number of hydrogen-bond acceptors (Lipinski definition) is 4. The van der Waals surface area contributed by atoms with E-state index in [4.69, 9.17) is 5.11 Å². The number of amides is 1. The molecular formula is C20H20N2O3S. The summed E-state index contributed by atoms with van der Waals surface area (Å²) in [5.41, 5.74) is 2.16. The molecular weight excluding hydrogens is 348 g/mol. The van der Waals surface area contributed by atoms with Crippen molar-refractivity contribution >= 4 is 33.4 Å². The second-order valence-electron chi connectivity index (χ2n) is 6.20. The molecule has 1 aromatic heterocycles. The van der Waals surface area contributed by atoms with Crippen LogP contribution in [0.2, 0.25) is 0 Å². The fourth-order valence-electron chi connectivity index (χ4n) is 2.69. The van der Waals surface area contributed by atoms with Crippen LogP contribution in [0, 0.1) is 0 Å². The van der Waals surface area contributed by atoms with Crippen molar-refractivity contribution in [1.29, 1.82) is 0 Å². The van der Waals surface area contributed by atoms with Crippen LogP contribution in [0.4, 0.5) is 0 Å². The number of aryl methyl sites for hydroxylation is 1. The van der Waals surface area contributed by atoms with Crippen LogP contribution in [0.25, 0.3) is 10.2 Å². The monoisotopic (exact) mass is 368 g/mol. The minimum Gasteiger partial charge on any atom is -0.478 e. The van der Waals surface area contributed by atoms with Crippen LogP contribution in [0.15, 0.2) is 48.5 Å². The fourth-order valence-corrected chi connectivity index (χ4v) is 3.75. The van der Waals surface area contributed by atoms with Gasteiger partial charge in [-0.2, -0.15) is 0 Å². The second kappa shape index (κ2) is 7.66. The van der Waals surface area contributed by atoms with Gasteiger partial charge in [-0.15, -0.1) is 11.3 Å². The van der Waals surface area contributed by atoms with Gasteiger partial charge < -0.3 is 10.0 Å². The Morgan fingerprint density at radius 1 is 1.15 bits per heavy atom. The van der Waals surface area contributed by atoms with Crippen molar-refractivity contribution in [2.75, 3.05) is 7.05 Å². The largest absolute Gasteiger partial charge is 0.478 e. The number of carboxylic acids is 1. The molecule has 0 radical (unpaired) electrons. The van der Waals surface area contributed by atoms with Crippen molar-refractivity contribution < 1.29 is 14.7 Å². The molecule has 0 bridgehead atoms. The second-order valence-corrected chi connectivity index (χ2v) is 7.26. The van der Waals surface area contributed by atoms with Gasteiger partial charge in [-0.05, 0) is 43.2 Å². The summed E-state index contributed by atoms with van der Waals surface area (Å²) < 4.78 is 1.12. The Hall–Kier alpha value is -2.73. The SMILES string of the molecule is CC(c1nc2ccccc2s1)N(C)C(=O)CCc1ccc(C(=O)O)cc1. The van der Waals surface area contributed by atoms with Crippen LogP contribution in [0.3, 0.4) is 0 Å². The molecule has 5 nitrogen and oxygen atoms in total.